The second-order valence-corrected chi connectivity index (χ2v) is 5.45. The SMILES string of the molecule is CCCCCn1c(C)c(C)c2cc(CNC)ccc21. The average molecular weight is 258 g/mol. The lowest BCUT2D eigenvalue weighted by atomic mass is 10.1. The zero-order valence-electron chi connectivity index (χ0n) is 12.7. The minimum atomic E-state index is 0.940. The Morgan fingerprint density at radius 1 is 1.16 bits per heavy atom. The molecule has 2 aromatic rings. The molecule has 1 N–H and O–H groups in total. The number of benzene rings is 1. The number of aromatic nitrogens is 1. The fourth-order valence-corrected chi connectivity index (χ4v) is 2.82. The summed E-state index contributed by atoms with van der Waals surface area (Å²) in [6, 6.07) is 6.87. The number of hydrogen-bond donors (Lipinski definition) is 1. The molecule has 104 valence electrons. The zero-order chi connectivity index (χ0) is 13.8. The predicted molar refractivity (Wildman–Crippen MR) is 83.7 cm³/mol. The van der Waals surface area contributed by atoms with Crippen LogP contribution in [-0.2, 0) is 13.1 Å². The van der Waals surface area contributed by atoms with Crippen LogP contribution in [0.1, 0.15) is 43.0 Å². The number of hydrogen-bond acceptors (Lipinski definition) is 1. The minimum Gasteiger partial charge on any atom is -0.345 e. The number of rotatable bonds is 6. The first-order valence-corrected chi connectivity index (χ1v) is 7.42. The third-order valence-electron chi connectivity index (χ3n) is 4.07. The molecular weight excluding hydrogens is 232 g/mol. The van der Waals surface area contributed by atoms with E-state index in [0.717, 1.165) is 13.1 Å². The van der Waals surface area contributed by atoms with Crippen LogP contribution in [0.4, 0.5) is 0 Å². The van der Waals surface area contributed by atoms with Crippen LogP contribution in [0.15, 0.2) is 18.2 Å². The van der Waals surface area contributed by atoms with Crippen LogP contribution >= 0.6 is 0 Å². The summed E-state index contributed by atoms with van der Waals surface area (Å²) in [5.41, 5.74) is 5.62. The van der Waals surface area contributed by atoms with E-state index in [1.54, 1.807) is 0 Å². The lowest BCUT2D eigenvalue weighted by molar-refractivity contribution is 0.606. The summed E-state index contributed by atoms with van der Waals surface area (Å²) in [5.74, 6) is 0. The van der Waals surface area contributed by atoms with Crippen molar-refractivity contribution in [1.29, 1.82) is 0 Å². The van der Waals surface area contributed by atoms with E-state index in [1.165, 1.54) is 47.0 Å². The van der Waals surface area contributed by atoms with Gasteiger partial charge in [-0.05, 0) is 50.6 Å². The molecule has 1 aromatic heterocycles. The van der Waals surface area contributed by atoms with Gasteiger partial charge in [-0.15, -0.1) is 0 Å². The van der Waals surface area contributed by atoms with Gasteiger partial charge in [-0.25, -0.2) is 0 Å². The molecule has 0 aliphatic rings. The molecular formula is C17H26N2. The lowest BCUT2D eigenvalue weighted by Gasteiger charge is -2.08. The van der Waals surface area contributed by atoms with Gasteiger partial charge in [0.2, 0.25) is 0 Å². The molecule has 0 saturated carbocycles. The molecule has 0 bridgehead atoms. The number of nitrogens with one attached hydrogen (secondary N) is 1. The maximum absolute atomic E-state index is 3.22. The van der Waals surface area contributed by atoms with Gasteiger partial charge in [0.25, 0.3) is 0 Å². The second kappa shape index (κ2) is 6.25. The second-order valence-electron chi connectivity index (χ2n) is 5.45. The fraction of sp³-hybridized carbons (Fsp3) is 0.529. The smallest absolute Gasteiger partial charge is 0.0485 e. The summed E-state index contributed by atoms with van der Waals surface area (Å²) in [5, 5.41) is 4.64. The molecule has 1 heterocycles. The molecule has 0 saturated heterocycles. The quantitative estimate of drug-likeness (QED) is 0.770. The Hall–Kier alpha value is -1.28. The van der Waals surface area contributed by atoms with Crippen molar-refractivity contribution in [3.63, 3.8) is 0 Å². The van der Waals surface area contributed by atoms with Crippen molar-refractivity contribution in [2.45, 2.75) is 53.1 Å². The highest BCUT2D eigenvalue weighted by molar-refractivity contribution is 5.86. The van der Waals surface area contributed by atoms with Crippen LogP contribution in [0.2, 0.25) is 0 Å². The van der Waals surface area contributed by atoms with Crippen molar-refractivity contribution in [2.75, 3.05) is 7.05 Å². The van der Waals surface area contributed by atoms with Crippen LogP contribution < -0.4 is 5.32 Å². The minimum absolute atomic E-state index is 0.940. The Kier molecular flexibility index (Phi) is 4.65. The monoisotopic (exact) mass is 258 g/mol. The number of fused-ring (bicyclic) bond motifs is 1. The van der Waals surface area contributed by atoms with Crippen LogP contribution in [0.5, 0.6) is 0 Å². The maximum Gasteiger partial charge on any atom is 0.0485 e. The van der Waals surface area contributed by atoms with Gasteiger partial charge in [-0.3, -0.25) is 0 Å². The Morgan fingerprint density at radius 2 is 1.95 bits per heavy atom. The van der Waals surface area contributed by atoms with E-state index < -0.39 is 0 Å². The Morgan fingerprint density at radius 3 is 2.63 bits per heavy atom. The number of aryl methyl sites for hydroxylation is 2. The summed E-state index contributed by atoms with van der Waals surface area (Å²) < 4.78 is 2.49. The highest BCUT2D eigenvalue weighted by atomic mass is 15.0. The third kappa shape index (κ3) is 2.84. The first kappa shape index (κ1) is 14.1. The van der Waals surface area contributed by atoms with Gasteiger partial charge in [0, 0.05) is 29.7 Å². The summed E-state index contributed by atoms with van der Waals surface area (Å²) in [4.78, 5) is 0. The molecule has 0 spiro atoms. The number of nitrogens with zero attached hydrogens (tertiary/aromatic N) is 1. The van der Waals surface area contributed by atoms with Crippen LogP contribution in [0, 0.1) is 13.8 Å². The first-order valence-electron chi connectivity index (χ1n) is 7.42. The summed E-state index contributed by atoms with van der Waals surface area (Å²) in [7, 11) is 2.00. The Labute approximate surface area is 116 Å². The van der Waals surface area contributed by atoms with E-state index in [-0.39, 0.29) is 0 Å². The molecule has 0 atom stereocenters. The van der Waals surface area contributed by atoms with E-state index in [1.807, 2.05) is 7.05 Å². The summed E-state index contributed by atoms with van der Waals surface area (Å²) >= 11 is 0. The Balaban J connectivity index is 2.38. The van der Waals surface area contributed by atoms with Gasteiger partial charge in [-0.1, -0.05) is 25.8 Å². The molecule has 2 rings (SSSR count). The largest absolute Gasteiger partial charge is 0.345 e. The molecule has 0 amide bonds. The molecule has 2 heteroatoms. The van der Waals surface area contributed by atoms with E-state index >= 15 is 0 Å². The first-order chi connectivity index (χ1) is 9.19. The van der Waals surface area contributed by atoms with Crippen LogP contribution in [0.25, 0.3) is 10.9 Å². The standard InChI is InChI=1S/C17H26N2/c1-5-6-7-10-19-14(3)13(2)16-11-15(12-18-4)8-9-17(16)19/h8-9,11,18H,5-7,10,12H2,1-4H3. The maximum atomic E-state index is 3.22. The van der Waals surface area contributed by atoms with E-state index in [2.05, 4.69) is 48.9 Å². The lowest BCUT2D eigenvalue weighted by Crippen LogP contribution is -2.04. The van der Waals surface area contributed by atoms with Crippen molar-refractivity contribution in [3.05, 3.63) is 35.0 Å². The molecule has 2 nitrogen and oxygen atoms in total. The van der Waals surface area contributed by atoms with E-state index in [0.29, 0.717) is 0 Å². The predicted octanol–water partition coefficient (Wildman–Crippen LogP) is 4.17. The molecule has 0 aliphatic heterocycles. The van der Waals surface area contributed by atoms with Gasteiger partial charge in [0.15, 0.2) is 0 Å². The van der Waals surface area contributed by atoms with Crippen molar-refractivity contribution in [1.82, 2.24) is 9.88 Å². The normalized spacial score (nSPS) is 11.4. The Bertz CT molecular complexity index is 552. The van der Waals surface area contributed by atoms with Crippen LogP contribution in [0.3, 0.4) is 0 Å². The zero-order valence-corrected chi connectivity index (χ0v) is 12.7. The molecule has 0 unspecified atom stereocenters. The van der Waals surface area contributed by atoms with Crippen molar-refractivity contribution < 1.29 is 0 Å². The highest BCUT2D eigenvalue weighted by Crippen LogP contribution is 2.26. The molecule has 0 fully saturated rings. The van der Waals surface area contributed by atoms with E-state index in [4.69, 9.17) is 0 Å². The summed E-state index contributed by atoms with van der Waals surface area (Å²) in [6.45, 7) is 8.84. The molecule has 0 aliphatic carbocycles. The van der Waals surface area contributed by atoms with Gasteiger partial charge < -0.3 is 9.88 Å². The third-order valence-corrected chi connectivity index (χ3v) is 4.07. The van der Waals surface area contributed by atoms with Gasteiger partial charge in [-0.2, -0.15) is 0 Å². The molecule has 19 heavy (non-hydrogen) atoms. The van der Waals surface area contributed by atoms with Gasteiger partial charge in [0.1, 0.15) is 0 Å². The van der Waals surface area contributed by atoms with Gasteiger partial charge in [0.05, 0.1) is 0 Å². The highest BCUT2D eigenvalue weighted by Gasteiger charge is 2.10. The van der Waals surface area contributed by atoms with Crippen molar-refractivity contribution in [2.24, 2.45) is 0 Å². The van der Waals surface area contributed by atoms with Crippen LogP contribution in [-0.4, -0.2) is 11.6 Å². The van der Waals surface area contributed by atoms with Gasteiger partial charge >= 0.3 is 0 Å². The van der Waals surface area contributed by atoms with Crippen molar-refractivity contribution in [3.8, 4) is 0 Å². The molecule has 0 radical (unpaired) electrons. The topological polar surface area (TPSA) is 17.0 Å². The van der Waals surface area contributed by atoms with Crippen molar-refractivity contribution >= 4 is 10.9 Å². The summed E-state index contributed by atoms with van der Waals surface area (Å²) in [6.07, 6.45) is 3.87. The van der Waals surface area contributed by atoms with E-state index in [9.17, 15) is 0 Å². The fourth-order valence-electron chi connectivity index (χ4n) is 2.82. The molecule has 1 aromatic carbocycles. The average Bonchev–Trinajstić information content (AvgIpc) is 2.64. The number of unbranched alkanes of at least 4 members (excludes halogenated alkanes) is 2.